The number of carbonyl (C=O) groups is 3. The second-order valence-corrected chi connectivity index (χ2v) is 13.1. The summed E-state index contributed by atoms with van der Waals surface area (Å²) in [6, 6.07) is 18.4. The SMILES string of the molecule is COP(=O)(N(C)C)[C@]1(N)C(=O)N2C(C(=O)OC(c3ccccc3)c3ccccc3)=C(COC(C)=O)CS[C@@H]21. The van der Waals surface area contributed by atoms with Crippen LogP contribution in [0.2, 0.25) is 0 Å². The van der Waals surface area contributed by atoms with E-state index in [1.807, 2.05) is 60.7 Å². The Morgan fingerprint density at radius 1 is 1.13 bits per heavy atom. The van der Waals surface area contributed by atoms with E-state index in [2.05, 4.69) is 0 Å². The van der Waals surface area contributed by atoms with Gasteiger partial charge in [-0.1, -0.05) is 60.7 Å². The number of amides is 1. The van der Waals surface area contributed by atoms with E-state index < -0.39 is 42.1 Å². The fourth-order valence-corrected chi connectivity index (χ4v) is 8.51. The lowest BCUT2D eigenvalue weighted by Gasteiger charge is -2.57. The highest BCUT2D eigenvalue weighted by molar-refractivity contribution is 8.00. The van der Waals surface area contributed by atoms with Crippen LogP contribution in [0.25, 0.3) is 0 Å². The number of rotatable bonds is 9. The van der Waals surface area contributed by atoms with Crippen LogP contribution in [0.1, 0.15) is 24.2 Å². The van der Waals surface area contributed by atoms with Gasteiger partial charge in [0, 0.05) is 25.4 Å². The third kappa shape index (κ3) is 4.69. The van der Waals surface area contributed by atoms with Gasteiger partial charge in [-0.15, -0.1) is 11.8 Å². The topological polar surface area (TPSA) is 128 Å². The molecule has 38 heavy (non-hydrogen) atoms. The van der Waals surface area contributed by atoms with Gasteiger partial charge in [0.25, 0.3) is 5.91 Å². The fraction of sp³-hybridized carbons (Fsp3) is 0.346. The molecular formula is C26H30N3O7PS. The Morgan fingerprint density at radius 2 is 1.68 bits per heavy atom. The Balaban J connectivity index is 1.74. The summed E-state index contributed by atoms with van der Waals surface area (Å²) < 4.78 is 31.5. The summed E-state index contributed by atoms with van der Waals surface area (Å²) in [4.78, 5) is 40.2. The summed E-state index contributed by atoms with van der Waals surface area (Å²) in [5.74, 6) is -1.87. The molecule has 12 heteroatoms. The van der Waals surface area contributed by atoms with Gasteiger partial charge in [0.15, 0.2) is 6.10 Å². The van der Waals surface area contributed by atoms with Gasteiger partial charge in [-0.25, -0.2) is 9.46 Å². The number of β-lactam (4-membered cyclic amide) rings is 1. The van der Waals surface area contributed by atoms with Gasteiger partial charge >= 0.3 is 19.5 Å². The predicted molar refractivity (Wildman–Crippen MR) is 143 cm³/mol. The Morgan fingerprint density at radius 3 is 2.16 bits per heavy atom. The highest BCUT2D eigenvalue weighted by atomic mass is 32.2. The lowest BCUT2D eigenvalue weighted by Crippen LogP contribution is -2.78. The first kappa shape index (κ1) is 28.1. The van der Waals surface area contributed by atoms with Gasteiger partial charge in [0.2, 0.25) is 5.28 Å². The molecule has 0 spiro atoms. The highest BCUT2D eigenvalue weighted by Gasteiger charge is 2.72. The first-order chi connectivity index (χ1) is 18.1. The van der Waals surface area contributed by atoms with Crippen molar-refractivity contribution < 1.29 is 32.9 Å². The number of fused-ring (bicyclic) bond motifs is 1. The molecule has 0 saturated carbocycles. The van der Waals surface area contributed by atoms with Crippen molar-refractivity contribution in [2.24, 2.45) is 5.73 Å². The number of hydrogen-bond acceptors (Lipinski definition) is 9. The van der Waals surface area contributed by atoms with Crippen LogP contribution < -0.4 is 5.73 Å². The average molecular weight is 560 g/mol. The number of nitrogens with zero attached hydrogens (tertiary/aromatic N) is 2. The van der Waals surface area contributed by atoms with Gasteiger partial charge in [-0.2, -0.15) is 0 Å². The van der Waals surface area contributed by atoms with Crippen LogP contribution in [0.4, 0.5) is 0 Å². The summed E-state index contributed by atoms with van der Waals surface area (Å²) in [7, 11) is 0.446. The van der Waals surface area contributed by atoms with Crippen LogP contribution >= 0.6 is 19.3 Å². The van der Waals surface area contributed by atoms with Gasteiger partial charge in [-0.3, -0.25) is 19.1 Å². The van der Waals surface area contributed by atoms with Crippen molar-refractivity contribution in [2.75, 3.05) is 33.6 Å². The monoisotopic (exact) mass is 559 g/mol. The molecule has 0 radical (unpaired) electrons. The number of carbonyl (C=O) groups excluding carboxylic acids is 3. The Kier molecular flexibility index (Phi) is 8.15. The number of hydrogen-bond donors (Lipinski definition) is 1. The third-order valence-electron chi connectivity index (χ3n) is 6.48. The molecule has 0 aromatic heterocycles. The molecule has 202 valence electrons. The molecule has 2 heterocycles. The minimum Gasteiger partial charge on any atom is -0.461 e. The van der Waals surface area contributed by atoms with Crippen LogP contribution in [-0.4, -0.2) is 71.6 Å². The minimum absolute atomic E-state index is 0.0700. The fourth-order valence-electron chi connectivity index (χ4n) is 4.57. The third-order valence-corrected chi connectivity index (χ3v) is 11.0. The average Bonchev–Trinajstić information content (AvgIpc) is 2.93. The molecule has 3 atom stereocenters. The zero-order valence-corrected chi connectivity index (χ0v) is 23.2. The van der Waals surface area contributed by atoms with E-state index in [0.717, 1.165) is 11.1 Å². The summed E-state index contributed by atoms with van der Waals surface area (Å²) >= 11 is 1.22. The standard InChI is InChI=1S/C26H30N3O7PS/c1-17(30)35-15-20-16-38-25-26(27,37(33,34-4)28(2)3)24(32)29(25)21(20)23(31)36-22(18-11-7-5-8-12-18)19-13-9-6-10-14-19/h5-14,22,25H,15-16,27H2,1-4H3/t25-,26-,37?/m1/s1. The number of ether oxygens (including phenoxy) is 2. The first-order valence-corrected chi connectivity index (χ1v) is 14.4. The zero-order chi connectivity index (χ0) is 27.7. The maximum absolute atomic E-state index is 13.8. The first-order valence-electron chi connectivity index (χ1n) is 11.8. The number of benzene rings is 2. The highest BCUT2D eigenvalue weighted by Crippen LogP contribution is 2.67. The summed E-state index contributed by atoms with van der Waals surface area (Å²) in [5.41, 5.74) is 8.28. The molecule has 1 unspecified atom stereocenters. The van der Waals surface area contributed by atoms with Crippen LogP contribution in [0.3, 0.4) is 0 Å². The summed E-state index contributed by atoms with van der Waals surface area (Å²) in [6.45, 7) is 1.04. The summed E-state index contributed by atoms with van der Waals surface area (Å²) in [6.07, 6.45) is -0.772. The van der Waals surface area contributed by atoms with Gasteiger partial charge in [0.05, 0.1) is 0 Å². The van der Waals surface area contributed by atoms with E-state index in [0.29, 0.717) is 5.57 Å². The molecule has 1 saturated heterocycles. The molecule has 0 aliphatic carbocycles. The zero-order valence-electron chi connectivity index (χ0n) is 21.5. The van der Waals surface area contributed by atoms with Crippen LogP contribution in [0.15, 0.2) is 71.9 Å². The maximum atomic E-state index is 13.8. The molecule has 4 rings (SSSR count). The van der Waals surface area contributed by atoms with Crippen molar-refractivity contribution in [1.29, 1.82) is 0 Å². The van der Waals surface area contributed by atoms with Crippen molar-refractivity contribution in [3.05, 3.63) is 83.1 Å². The second kappa shape index (κ2) is 11.0. The largest absolute Gasteiger partial charge is 0.461 e. The molecule has 1 amide bonds. The molecule has 2 N–H and O–H groups in total. The number of thioether (sulfide) groups is 1. The number of esters is 2. The molecular weight excluding hydrogens is 529 g/mol. The van der Waals surface area contributed by atoms with Gasteiger partial charge in [-0.05, 0) is 25.2 Å². The minimum atomic E-state index is -3.83. The maximum Gasteiger partial charge on any atom is 0.356 e. The molecule has 1 fully saturated rings. The van der Waals surface area contributed by atoms with Crippen LogP contribution in [-0.2, 0) is 32.9 Å². The van der Waals surface area contributed by atoms with E-state index in [-0.39, 0.29) is 18.1 Å². The van der Waals surface area contributed by atoms with Gasteiger partial charge in [0.1, 0.15) is 17.7 Å². The van der Waals surface area contributed by atoms with E-state index in [1.165, 1.54) is 49.5 Å². The van der Waals surface area contributed by atoms with Crippen molar-refractivity contribution >= 4 is 37.1 Å². The van der Waals surface area contributed by atoms with E-state index in [4.69, 9.17) is 19.7 Å². The normalized spacial score (nSPS) is 22.6. The van der Waals surface area contributed by atoms with Crippen molar-refractivity contribution in [3.63, 3.8) is 0 Å². The van der Waals surface area contributed by atoms with E-state index in [9.17, 15) is 18.9 Å². The number of nitrogens with two attached hydrogens (primary N) is 1. The van der Waals surface area contributed by atoms with E-state index >= 15 is 0 Å². The second-order valence-electron chi connectivity index (χ2n) is 9.05. The van der Waals surface area contributed by atoms with E-state index in [1.54, 1.807) is 0 Å². The van der Waals surface area contributed by atoms with Crippen molar-refractivity contribution in [2.45, 2.75) is 23.7 Å². The lowest BCUT2D eigenvalue weighted by atomic mass is 10.0. The predicted octanol–water partition coefficient (Wildman–Crippen LogP) is 3.11. The molecule has 10 nitrogen and oxygen atoms in total. The summed E-state index contributed by atoms with van der Waals surface area (Å²) in [5, 5.41) is -2.74. The molecule has 2 aromatic carbocycles. The molecule has 2 aliphatic heterocycles. The van der Waals surface area contributed by atoms with Gasteiger partial charge < -0.3 is 19.7 Å². The Labute approximate surface area is 225 Å². The van der Waals surface area contributed by atoms with Crippen LogP contribution in [0, 0.1) is 0 Å². The lowest BCUT2D eigenvalue weighted by molar-refractivity contribution is -0.155. The van der Waals surface area contributed by atoms with Crippen molar-refractivity contribution in [1.82, 2.24) is 9.57 Å². The molecule has 0 bridgehead atoms. The molecule has 2 aliphatic rings. The van der Waals surface area contributed by atoms with Crippen LogP contribution in [0.5, 0.6) is 0 Å². The Hall–Kier alpha value is -2.95. The Bertz CT molecular complexity index is 1260. The quantitative estimate of drug-likeness (QED) is 0.278. The smallest absolute Gasteiger partial charge is 0.356 e. The molecule has 2 aromatic rings. The van der Waals surface area contributed by atoms with Crippen molar-refractivity contribution in [3.8, 4) is 0 Å².